The number of amides is 1. The highest BCUT2D eigenvalue weighted by molar-refractivity contribution is 14.1. The molecule has 0 aliphatic rings. The van der Waals surface area contributed by atoms with Crippen molar-refractivity contribution in [1.82, 2.24) is 5.43 Å². The molecule has 2 aromatic carbocycles. The van der Waals surface area contributed by atoms with Crippen molar-refractivity contribution < 1.29 is 37.0 Å². The molecule has 0 fully saturated rings. The molecule has 172 valence electrons. The highest BCUT2D eigenvalue weighted by atomic mass is 127. The lowest BCUT2D eigenvalue weighted by Gasteiger charge is -2.14. The lowest BCUT2D eigenvalue weighted by atomic mass is 10.1. The first-order valence-corrected chi connectivity index (χ1v) is 10.5. The van der Waals surface area contributed by atoms with Gasteiger partial charge in [0.25, 0.3) is 5.91 Å². The van der Waals surface area contributed by atoms with E-state index in [4.69, 9.17) is 14.2 Å². The molecule has 1 amide bonds. The van der Waals surface area contributed by atoms with Gasteiger partial charge < -0.3 is 14.2 Å². The summed E-state index contributed by atoms with van der Waals surface area (Å²) < 4.78 is 54.9. The number of hydrazone groups is 1. The van der Waals surface area contributed by atoms with Gasteiger partial charge >= 0.3 is 12.1 Å². The molecule has 0 saturated carbocycles. The third kappa shape index (κ3) is 7.39. The summed E-state index contributed by atoms with van der Waals surface area (Å²) in [4.78, 5) is 23.7. The summed E-state index contributed by atoms with van der Waals surface area (Å²) in [6, 6.07) is 7.29. The molecule has 0 radical (unpaired) electrons. The van der Waals surface area contributed by atoms with Crippen molar-refractivity contribution in [3.8, 4) is 11.5 Å². The van der Waals surface area contributed by atoms with Crippen LogP contribution in [0.3, 0.4) is 0 Å². The van der Waals surface area contributed by atoms with Gasteiger partial charge in [-0.1, -0.05) is 6.07 Å². The molecule has 2 rings (SSSR count). The smallest absolute Gasteiger partial charge is 0.416 e. The molecule has 0 aromatic heterocycles. The number of nitrogens with one attached hydrogen (secondary N) is 1. The fourth-order valence-electron chi connectivity index (χ4n) is 2.47. The van der Waals surface area contributed by atoms with Crippen LogP contribution in [0.5, 0.6) is 11.5 Å². The van der Waals surface area contributed by atoms with E-state index < -0.39 is 23.6 Å². The van der Waals surface area contributed by atoms with Gasteiger partial charge in [-0.05, 0) is 72.3 Å². The summed E-state index contributed by atoms with van der Waals surface area (Å²) in [7, 11) is 0. The summed E-state index contributed by atoms with van der Waals surface area (Å²) in [5, 5.41) is 3.80. The molecule has 2 aromatic rings. The normalized spacial score (nSPS) is 11.3. The molecule has 0 atom stereocenters. The van der Waals surface area contributed by atoms with Crippen LogP contribution in [-0.2, 0) is 15.7 Å². The Morgan fingerprint density at radius 2 is 1.88 bits per heavy atom. The standard InChI is InChI=1S/C21H20F3IN2O5/c1-3-30-17-9-13(8-16(25)19(17)32-12-18(28)31-4-2)11-26-27-20(29)14-6-5-7-15(10-14)21(22,23)24/h5-11H,3-4,12H2,1-2H3,(H,27,29)/b26-11-. The second-order valence-electron chi connectivity index (χ2n) is 6.13. The van der Waals surface area contributed by atoms with Crippen LogP contribution in [0.15, 0.2) is 41.5 Å². The number of carbonyl (C=O) groups is 2. The largest absolute Gasteiger partial charge is 0.490 e. The van der Waals surface area contributed by atoms with Gasteiger partial charge in [0, 0.05) is 5.56 Å². The van der Waals surface area contributed by atoms with E-state index in [2.05, 4.69) is 10.5 Å². The molecule has 0 bridgehead atoms. The average molecular weight is 564 g/mol. The van der Waals surface area contributed by atoms with Gasteiger partial charge in [-0.2, -0.15) is 18.3 Å². The zero-order valence-corrected chi connectivity index (χ0v) is 19.3. The fourth-order valence-corrected chi connectivity index (χ4v) is 3.25. The lowest BCUT2D eigenvalue weighted by Crippen LogP contribution is -2.18. The Kier molecular flexibility index (Phi) is 9.29. The predicted molar refractivity (Wildman–Crippen MR) is 119 cm³/mol. The number of hydrogen-bond acceptors (Lipinski definition) is 6. The van der Waals surface area contributed by atoms with E-state index in [1.165, 1.54) is 12.3 Å². The summed E-state index contributed by atoms with van der Waals surface area (Å²) in [6.07, 6.45) is -3.24. The third-order valence-electron chi connectivity index (χ3n) is 3.80. The number of benzene rings is 2. The number of rotatable bonds is 9. The van der Waals surface area contributed by atoms with E-state index in [0.717, 1.165) is 18.2 Å². The molecule has 1 N–H and O–H groups in total. The molecular weight excluding hydrogens is 544 g/mol. The predicted octanol–water partition coefficient (Wildman–Crippen LogP) is 4.41. The first-order chi connectivity index (χ1) is 15.2. The number of ether oxygens (including phenoxy) is 3. The van der Waals surface area contributed by atoms with Gasteiger partial charge in [0.1, 0.15) is 0 Å². The van der Waals surface area contributed by atoms with Gasteiger partial charge in [-0.25, -0.2) is 10.2 Å². The second kappa shape index (κ2) is 11.7. The Balaban J connectivity index is 2.13. The maximum absolute atomic E-state index is 12.8. The van der Waals surface area contributed by atoms with E-state index in [9.17, 15) is 22.8 Å². The Morgan fingerprint density at radius 1 is 1.12 bits per heavy atom. The van der Waals surface area contributed by atoms with Crippen molar-refractivity contribution in [2.75, 3.05) is 19.8 Å². The highest BCUT2D eigenvalue weighted by Crippen LogP contribution is 2.34. The van der Waals surface area contributed by atoms with E-state index in [1.54, 1.807) is 26.0 Å². The zero-order valence-electron chi connectivity index (χ0n) is 17.2. The summed E-state index contributed by atoms with van der Waals surface area (Å²) in [6.45, 7) is 3.74. The lowest BCUT2D eigenvalue weighted by molar-refractivity contribution is -0.145. The van der Waals surface area contributed by atoms with Gasteiger partial charge in [-0.15, -0.1) is 0 Å². The zero-order chi connectivity index (χ0) is 23.7. The van der Waals surface area contributed by atoms with Gasteiger partial charge in [0.15, 0.2) is 18.1 Å². The topological polar surface area (TPSA) is 86.2 Å². The van der Waals surface area contributed by atoms with Gasteiger partial charge in [0.05, 0.1) is 28.6 Å². The molecule has 0 saturated heterocycles. The van der Waals surface area contributed by atoms with E-state index in [1.807, 2.05) is 22.6 Å². The number of esters is 1. The summed E-state index contributed by atoms with van der Waals surface area (Å²) >= 11 is 1.99. The summed E-state index contributed by atoms with van der Waals surface area (Å²) in [5.41, 5.74) is 1.62. The number of halogens is 4. The van der Waals surface area contributed by atoms with Crippen molar-refractivity contribution in [3.63, 3.8) is 0 Å². The molecular formula is C21H20F3IN2O5. The summed E-state index contributed by atoms with van der Waals surface area (Å²) in [5.74, 6) is -0.602. The fraction of sp³-hybridized carbons (Fsp3) is 0.286. The molecule has 0 unspecified atom stereocenters. The van der Waals surface area contributed by atoms with Crippen LogP contribution in [0.2, 0.25) is 0 Å². The van der Waals surface area contributed by atoms with Crippen molar-refractivity contribution in [1.29, 1.82) is 0 Å². The Morgan fingerprint density at radius 3 is 2.53 bits per heavy atom. The number of hydrogen-bond donors (Lipinski definition) is 1. The van der Waals surface area contributed by atoms with Crippen molar-refractivity contribution in [3.05, 3.63) is 56.7 Å². The maximum atomic E-state index is 12.8. The van der Waals surface area contributed by atoms with Crippen LogP contribution in [-0.4, -0.2) is 37.9 Å². The van der Waals surface area contributed by atoms with Crippen LogP contribution in [0.25, 0.3) is 0 Å². The Hall–Kier alpha value is -2.83. The number of alkyl halides is 3. The first kappa shape index (κ1) is 25.4. The Bertz CT molecular complexity index is 996. The Labute approximate surface area is 196 Å². The first-order valence-electron chi connectivity index (χ1n) is 9.41. The minimum atomic E-state index is -4.55. The van der Waals surface area contributed by atoms with Gasteiger partial charge in [0.2, 0.25) is 0 Å². The highest BCUT2D eigenvalue weighted by Gasteiger charge is 2.30. The van der Waals surface area contributed by atoms with Crippen LogP contribution < -0.4 is 14.9 Å². The SMILES string of the molecule is CCOC(=O)COc1c(I)cc(/C=N\NC(=O)c2cccc(C(F)(F)F)c2)cc1OCC. The number of nitrogens with zero attached hydrogens (tertiary/aromatic N) is 1. The van der Waals surface area contributed by atoms with Crippen molar-refractivity contribution >= 4 is 40.7 Å². The third-order valence-corrected chi connectivity index (χ3v) is 4.60. The van der Waals surface area contributed by atoms with Crippen molar-refractivity contribution in [2.24, 2.45) is 5.10 Å². The molecule has 0 heterocycles. The van der Waals surface area contributed by atoms with Crippen LogP contribution in [0, 0.1) is 3.57 Å². The molecule has 7 nitrogen and oxygen atoms in total. The van der Waals surface area contributed by atoms with Crippen molar-refractivity contribution in [2.45, 2.75) is 20.0 Å². The minimum absolute atomic E-state index is 0.177. The maximum Gasteiger partial charge on any atom is 0.416 e. The molecule has 0 spiro atoms. The van der Waals surface area contributed by atoms with Crippen LogP contribution in [0.1, 0.15) is 35.3 Å². The second-order valence-corrected chi connectivity index (χ2v) is 7.30. The monoisotopic (exact) mass is 564 g/mol. The molecule has 0 aliphatic carbocycles. The van der Waals surface area contributed by atoms with E-state index >= 15 is 0 Å². The van der Waals surface area contributed by atoms with E-state index in [-0.39, 0.29) is 18.8 Å². The van der Waals surface area contributed by atoms with Crippen LogP contribution >= 0.6 is 22.6 Å². The van der Waals surface area contributed by atoms with Crippen LogP contribution in [0.4, 0.5) is 13.2 Å². The number of carbonyl (C=O) groups excluding carboxylic acids is 2. The van der Waals surface area contributed by atoms with Gasteiger partial charge in [-0.3, -0.25) is 4.79 Å². The quantitative estimate of drug-likeness (QED) is 0.211. The average Bonchev–Trinajstić information content (AvgIpc) is 2.73. The molecule has 0 aliphatic heterocycles. The van der Waals surface area contributed by atoms with E-state index in [0.29, 0.717) is 27.2 Å². The molecule has 11 heteroatoms. The molecule has 32 heavy (non-hydrogen) atoms. The minimum Gasteiger partial charge on any atom is -0.490 e.